The van der Waals surface area contributed by atoms with Gasteiger partial charge < -0.3 is 10.4 Å². The lowest BCUT2D eigenvalue weighted by molar-refractivity contribution is -0.131. The van der Waals surface area contributed by atoms with Gasteiger partial charge in [0.15, 0.2) is 0 Å². The summed E-state index contributed by atoms with van der Waals surface area (Å²) in [6.07, 6.45) is 8.35. The van der Waals surface area contributed by atoms with Gasteiger partial charge in [-0.25, -0.2) is 4.79 Å². The number of carboxylic acids is 1. The highest BCUT2D eigenvalue weighted by Crippen LogP contribution is 2.18. The van der Waals surface area contributed by atoms with Crippen molar-refractivity contribution in [3.63, 3.8) is 0 Å². The van der Waals surface area contributed by atoms with Crippen LogP contribution in [0.5, 0.6) is 0 Å². The van der Waals surface area contributed by atoms with E-state index < -0.39 is 5.97 Å². The Labute approximate surface area is 129 Å². The fourth-order valence-electron chi connectivity index (χ4n) is 1.96. The topological polar surface area (TPSA) is 66.4 Å². The molecule has 0 aromatic carbocycles. The van der Waals surface area contributed by atoms with E-state index in [1.54, 1.807) is 12.1 Å². The van der Waals surface area contributed by atoms with Crippen molar-refractivity contribution in [2.24, 2.45) is 0 Å². The smallest absolute Gasteiger partial charge is 0.328 e. The minimum Gasteiger partial charge on any atom is -0.478 e. The van der Waals surface area contributed by atoms with E-state index in [4.69, 9.17) is 5.11 Å². The van der Waals surface area contributed by atoms with Crippen LogP contribution in [0.1, 0.15) is 60.5 Å². The molecule has 0 bridgehead atoms. The van der Waals surface area contributed by atoms with Gasteiger partial charge in [0.05, 0.1) is 4.88 Å². The van der Waals surface area contributed by atoms with Gasteiger partial charge in [0.25, 0.3) is 5.91 Å². The molecule has 0 radical (unpaired) electrons. The zero-order valence-electron chi connectivity index (χ0n) is 12.6. The summed E-state index contributed by atoms with van der Waals surface area (Å²) in [7, 11) is 0. The average Bonchev–Trinajstić information content (AvgIpc) is 2.90. The average molecular weight is 309 g/mol. The summed E-state index contributed by atoms with van der Waals surface area (Å²) in [4.78, 5) is 23.9. The normalized spacial score (nSPS) is 12.5. The molecule has 21 heavy (non-hydrogen) atoms. The maximum Gasteiger partial charge on any atom is 0.328 e. The van der Waals surface area contributed by atoms with E-state index in [1.165, 1.54) is 36.7 Å². The molecule has 0 aliphatic rings. The van der Waals surface area contributed by atoms with Crippen LogP contribution in [0.15, 0.2) is 18.2 Å². The van der Waals surface area contributed by atoms with Gasteiger partial charge in [-0.15, -0.1) is 11.3 Å². The van der Waals surface area contributed by atoms with Gasteiger partial charge in [-0.2, -0.15) is 0 Å². The molecule has 0 aliphatic carbocycles. The van der Waals surface area contributed by atoms with Gasteiger partial charge in [-0.3, -0.25) is 4.79 Å². The summed E-state index contributed by atoms with van der Waals surface area (Å²) < 4.78 is 0. The van der Waals surface area contributed by atoms with E-state index in [9.17, 15) is 9.59 Å². The number of carbonyl (C=O) groups excluding carboxylic acids is 1. The summed E-state index contributed by atoms with van der Waals surface area (Å²) >= 11 is 1.29. The number of carbonyl (C=O) groups is 2. The van der Waals surface area contributed by atoms with Crippen molar-refractivity contribution in [1.29, 1.82) is 0 Å². The van der Waals surface area contributed by atoms with E-state index in [0.717, 1.165) is 23.8 Å². The predicted octanol–water partition coefficient (Wildman–Crippen LogP) is 3.93. The molecule has 1 amide bonds. The van der Waals surface area contributed by atoms with Crippen molar-refractivity contribution in [2.75, 3.05) is 0 Å². The summed E-state index contributed by atoms with van der Waals surface area (Å²) in [5.74, 6) is -1.08. The van der Waals surface area contributed by atoms with Crippen LogP contribution < -0.4 is 5.32 Å². The van der Waals surface area contributed by atoms with Gasteiger partial charge in [0, 0.05) is 17.0 Å². The maximum atomic E-state index is 12.1. The molecule has 2 N–H and O–H groups in total. The molecule has 1 rings (SSSR count). The molecule has 1 unspecified atom stereocenters. The molecule has 1 aromatic rings. The van der Waals surface area contributed by atoms with Gasteiger partial charge in [0.1, 0.15) is 0 Å². The number of hydrogen-bond acceptors (Lipinski definition) is 3. The maximum absolute atomic E-state index is 12.1. The van der Waals surface area contributed by atoms with Crippen molar-refractivity contribution in [2.45, 2.75) is 52.0 Å². The van der Waals surface area contributed by atoms with Crippen LogP contribution in [0.25, 0.3) is 6.08 Å². The highest BCUT2D eigenvalue weighted by molar-refractivity contribution is 7.14. The van der Waals surface area contributed by atoms with E-state index in [0.29, 0.717) is 4.88 Å². The van der Waals surface area contributed by atoms with E-state index in [-0.39, 0.29) is 11.9 Å². The molecule has 116 valence electrons. The highest BCUT2D eigenvalue weighted by Gasteiger charge is 2.11. The van der Waals surface area contributed by atoms with Crippen LogP contribution in [0, 0.1) is 0 Å². The quantitative estimate of drug-likeness (QED) is 0.536. The van der Waals surface area contributed by atoms with Crippen LogP contribution in [0.3, 0.4) is 0 Å². The van der Waals surface area contributed by atoms with Crippen LogP contribution in [-0.2, 0) is 4.79 Å². The summed E-state index contributed by atoms with van der Waals surface area (Å²) in [6, 6.07) is 3.64. The Morgan fingerprint density at radius 1 is 1.33 bits per heavy atom. The van der Waals surface area contributed by atoms with Gasteiger partial charge in [-0.05, 0) is 31.6 Å². The second-order valence-electron chi connectivity index (χ2n) is 5.10. The monoisotopic (exact) mass is 309 g/mol. The largest absolute Gasteiger partial charge is 0.478 e. The molecule has 0 aliphatic heterocycles. The lowest BCUT2D eigenvalue weighted by atomic mass is 10.1. The van der Waals surface area contributed by atoms with E-state index in [2.05, 4.69) is 12.2 Å². The lowest BCUT2D eigenvalue weighted by Crippen LogP contribution is -2.31. The first-order chi connectivity index (χ1) is 10.0. The molecule has 1 atom stereocenters. The predicted molar refractivity (Wildman–Crippen MR) is 86.7 cm³/mol. The first-order valence-corrected chi connectivity index (χ1v) is 8.16. The Hall–Kier alpha value is -1.62. The number of carboxylic acid groups (broad SMARTS) is 1. The molecule has 1 aromatic heterocycles. The summed E-state index contributed by atoms with van der Waals surface area (Å²) in [6.45, 7) is 4.20. The van der Waals surface area contributed by atoms with Crippen molar-refractivity contribution in [1.82, 2.24) is 5.32 Å². The molecule has 4 nitrogen and oxygen atoms in total. The first-order valence-electron chi connectivity index (χ1n) is 7.34. The fraction of sp³-hybridized carbons (Fsp3) is 0.500. The molecule has 0 saturated carbocycles. The fourth-order valence-corrected chi connectivity index (χ4v) is 2.78. The number of aliphatic carboxylic acids is 1. The van der Waals surface area contributed by atoms with Crippen LogP contribution in [-0.4, -0.2) is 23.0 Å². The van der Waals surface area contributed by atoms with E-state index >= 15 is 0 Å². The zero-order valence-corrected chi connectivity index (χ0v) is 13.4. The third-order valence-electron chi connectivity index (χ3n) is 3.11. The standard InChI is InChI=1S/C16H23NO3S/c1-3-4-5-6-7-12(2)17-16(20)14-10-8-13(21-14)9-11-15(18)19/h8-12H,3-7H2,1-2H3,(H,17,20)(H,18,19). The van der Waals surface area contributed by atoms with Crippen molar-refractivity contribution in [3.8, 4) is 0 Å². The molecule has 0 saturated heterocycles. The number of rotatable bonds is 9. The molecule has 1 heterocycles. The van der Waals surface area contributed by atoms with Crippen molar-refractivity contribution in [3.05, 3.63) is 28.0 Å². The molecular weight excluding hydrogens is 286 g/mol. The SMILES string of the molecule is CCCCCCC(C)NC(=O)c1ccc(C=CC(=O)O)s1. The van der Waals surface area contributed by atoms with Gasteiger partial charge in [0.2, 0.25) is 0 Å². The molecule has 0 spiro atoms. The molecule has 0 fully saturated rings. The van der Waals surface area contributed by atoms with Gasteiger partial charge in [-0.1, -0.05) is 32.6 Å². The minimum absolute atomic E-state index is 0.0852. The number of unbranched alkanes of at least 4 members (excludes halogenated alkanes) is 3. The molecular formula is C16H23NO3S. The second-order valence-corrected chi connectivity index (χ2v) is 6.21. The minimum atomic E-state index is -0.991. The number of hydrogen-bond donors (Lipinski definition) is 2. The first kappa shape index (κ1) is 17.4. The molecule has 5 heteroatoms. The zero-order chi connectivity index (χ0) is 15.7. The van der Waals surface area contributed by atoms with Gasteiger partial charge >= 0.3 is 5.97 Å². The van der Waals surface area contributed by atoms with Crippen molar-refractivity contribution < 1.29 is 14.7 Å². The Morgan fingerprint density at radius 2 is 2.10 bits per heavy atom. The summed E-state index contributed by atoms with van der Waals surface area (Å²) in [5, 5.41) is 11.6. The van der Waals surface area contributed by atoms with Crippen LogP contribution in [0.4, 0.5) is 0 Å². The second kappa shape index (κ2) is 9.34. The van der Waals surface area contributed by atoms with E-state index in [1.807, 2.05) is 6.92 Å². The van der Waals surface area contributed by atoms with Crippen LogP contribution >= 0.6 is 11.3 Å². The Bertz CT molecular complexity index is 493. The van der Waals surface area contributed by atoms with Crippen LogP contribution in [0.2, 0.25) is 0 Å². The Morgan fingerprint density at radius 3 is 2.76 bits per heavy atom. The van der Waals surface area contributed by atoms with Crippen molar-refractivity contribution >= 4 is 29.3 Å². The number of amides is 1. The Balaban J connectivity index is 2.42. The lowest BCUT2D eigenvalue weighted by Gasteiger charge is -2.12. The number of thiophene rings is 1. The Kier molecular flexibility index (Phi) is 7.75. The summed E-state index contributed by atoms with van der Waals surface area (Å²) in [5.41, 5.74) is 0. The third kappa shape index (κ3) is 7.09. The highest BCUT2D eigenvalue weighted by atomic mass is 32.1. The third-order valence-corrected chi connectivity index (χ3v) is 4.16. The number of nitrogens with one attached hydrogen (secondary N) is 1.